The second-order valence-corrected chi connectivity index (χ2v) is 5.47. The summed E-state index contributed by atoms with van der Waals surface area (Å²) in [5.41, 5.74) is 1.49. The van der Waals surface area contributed by atoms with E-state index in [2.05, 4.69) is 18.3 Å². The zero-order chi connectivity index (χ0) is 13.8. The van der Waals surface area contributed by atoms with E-state index in [-0.39, 0.29) is 12.1 Å². The van der Waals surface area contributed by atoms with Gasteiger partial charge < -0.3 is 14.8 Å². The molecule has 2 aliphatic rings. The molecule has 2 unspecified atom stereocenters. The number of nitrogens with one attached hydrogen (secondary N) is 1. The Labute approximate surface area is 121 Å². The number of allylic oxidation sites excluding steroid dienone is 1. The second-order valence-electron chi connectivity index (χ2n) is 5.47. The summed E-state index contributed by atoms with van der Waals surface area (Å²) in [6.45, 7) is 3.71. The molecular formula is C17H23NO2. The van der Waals surface area contributed by atoms with Gasteiger partial charge in [0.1, 0.15) is 6.61 Å². The summed E-state index contributed by atoms with van der Waals surface area (Å²) in [5.74, 6) is 1.72. The van der Waals surface area contributed by atoms with Gasteiger partial charge in [0.15, 0.2) is 17.6 Å². The predicted octanol–water partition coefficient (Wildman–Crippen LogP) is 3.30. The van der Waals surface area contributed by atoms with Crippen molar-refractivity contribution < 1.29 is 9.47 Å². The minimum atomic E-state index is 0.0641. The lowest BCUT2D eigenvalue weighted by molar-refractivity contribution is 0.0702. The molecule has 1 heterocycles. The van der Waals surface area contributed by atoms with Crippen LogP contribution in [0.5, 0.6) is 11.5 Å². The Morgan fingerprint density at radius 1 is 1.25 bits per heavy atom. The number of para-hydroxylation sites is 2. The molecule has 0 bridgehead atoms. The van der Waals surface area contributed by atoms with E-state index in [1.165, 1.54) is 31.3 Å². The van der Waals surface area contributed by atoms with Crippen LogP contribution in [0.15, 0.2) is 35.9 Å². The highest BCUT2D eigenvalue weighted by Crippen LogP contribution is 2.33. The van der Waals surface area contributed by atoms with Crippen molar-refractivity contribution in [1.82, 2.24) is 5.32 Å². The molecule has 1 aromatic rings. The normalized spacial score (nSPS) is 23.1. The Morgan fingerprint density at radius 2 is 2.10 bits per heavy atom. The standard InChI is InChI=1S/C17H23NO2/c1-2-18-17(13-8-4-3-5-9-13)16-12-19-14-10-6-7-11-15(14)20-16/h6-8,10-11,16-18H,2-5,9,12H2,1H3. The molecule has 1 N–H and O–H groups in total. The van der Waals surface area contributed by atoms with Gasteiger partial charge in [-0.15, -0.1) is 0 Å². The third-order valence-corrected chi connectivity index (χ3v) is 4.05. The number of hydrogen-bond donors (Lipinski definition) is 1. The first-order valence-electron chi connectivity index (χ1n) is 7.69. The van der Waals surface area contributed by atoms with Crippen LogP contribution in [0.2, 0.25) is 0 Å². The minimum absolute atomic E-state index is 0.0641. The maximum atomic E-state index is 6.17. The highest BCUT2D eigenvalue weighted by molar-refractivity contribution is 5.41. The number of ether oxygens (including phenoxy) is 2. The lowest BCUT2D eigenvalue weighted by Crippen LogP contribution is -2.49. The molecule has 0 saturated carbocycles. The predicted molar refractivity (Wildman–Crippen MR) is 80.4 cm³/mol. The average Bonchev–Trinajstić information content (AvgIpc) is 2.53. The van der Waals surface area contributed by atoms with Crippen LogP contribution < -0.4 is 14.8 Å². The van der Waals surface area contributed by atoms with Crippen LogP contribution in [0.3, 0.4) is 0 Å². The summed E-state index contributed by atoms with van der Waals surface area (Å²) < 4.78 is 12.0. The lowest BCUT2D eigenvalue weighted by Gasteiger charge is -2.34. The van der Waals surface area contributed by atoms with E-state index in [1.54, 1.807) is 0 Å². The first-order valence-corrected chi connectivity index (χ1v) is 7.69. The van der Waals surface area contributed by atoms with Gasteiger partial charge in [-0.25, -0.2) is 0 Å². The van der Waals surface area contributed by atoms with Gasteiger partial charge in [0.05, 0.1) is 6.04 Å². The van der Waals surface area contributed by atoms with Gasteiger partial charge in [0.2, 0.25) is 0 Å². The number of fused-ring (bicyclic) bond motifs is 1. The highest BCUT2D eigenvalue weighted by Gasteiger charge is 2.31. The number of hydrogen-bond acceptors (Lipinski definition) is 3. The molecule has 1 aliphatic carbocycles. The van der Waals surface area contributed by atoms with E-state index in [1.807, 2.05) is 24.3 Å². The molecule has 0 fully saturated rings. The summed E-state index contributed by atoms with van der Waals surface area (Å²) in [4.78, 5) is 0. The monoisotopic (exact) mass is 273 g/mol. The molecule has 20 heavy (non-hydrogen) atoms. The topological polar surface area (TPSA) is 30.5 Å². The molecule has 108 valence electrons. The van der Waals surface area contributed by atoms with Gasteiger partial charge in [0, 0.05) is 0 Å². The fraction of sp³-hybridized carbons (Fsp3) is 0.529. The minimum Gasteiger partial charge on any atom is -0.486 e. The van der Waals surface area contributed by atoms with Crippen molar-refractivity contribution in [3.63, 3.8) is 0 Å². The van der Waals surface area contributed by atoms with Crippen LogP contribution >= 0.6 is 0 Å². The van der Waals surface area contributed by atoms with E-state index in [9.17, 15) is 0 Å². The molecule has 0 radical (unpaired) electrons. The van der Waals surface area contributed by atoms with E-state index in [0.29, 0.717) is 6.61 Å². The van der Waals surface area contributed by atoms with Gasteiger partial charge in [-0.05, 0) is 44.4 Å². The first-order chi connectivity index (χ1) is 9.88. The summed E-state index contributed by atoms with van der Waals surface area (Å²) >= 11 is 0. The fourth-order valence-electron chi connectivity index (χ4n) is 3.07. The van der Waals surface area contributed by atoms with Gasteiger partial charge in [-0.2, -0.15) is 0 Å². The van der Waals surface area contributed by atoms with Crippen LogP contribution in [0.1, 0.15) is 32.6 Å². The molecule has 0 amide bonds. The lowest BCUT2D eigenvalue weighted by atomic mass is 9.90. The molecule has 0 spiro atoms. The van der Waals surface area contributed by atoms with E-state index >= 15 is 0 Å². The van der Waals surface area contributed by atoms with Crippen molar-refractivity contribution in [1.29, 1.82) is 0 Å². The zero-order valence-corrected chi connectivity index (χ0v) is 12.1. The second kappa shape index (κ2) is 6.31. The van der Waals surface area contributed by atoms with Gasteiger partial charge in [-0.1, -0.05) is 30.7 Å². The molecule has 2 atom stereocenters. The Balaban J connectivity index is 1.77. The molecular weight excluding hydrogens is 250 g/mol. The zero-order valence-electron chi connectivity index (χ0n) is 12.1. The van der Waals surface area contributed by atoms with Gasteiger partial charge >= 0.3 is 0 Å². The van der Waals surface area contributed by atoms with E-state index < -0.39 is 0 Å². The summed E-state index contributed by atoms with van der Waals surface area (Å²) in [6, 6.07) is 8.20. The van der Waals surface area contributed by atoms with E-state index in [0.717, 1.165) is 18.0 Å². The highest BCUT2D eigenvalue weighted by atomic mass is 16.6. The first kappa shape index (κ1) is 13.5. The van der Waals surface area contributed by atoms with Crippen LogP contribution in [-0.2, 0) is 0 Å². The summed E-state index contributed by atoms with van der Waals surface area (Å²) in [6.07, 6.45) is 7.43. The Bertz CT molecular complexity index is 484. The molecule has 1 aromatic carbocycles. The smallest absolute Gasteiger partial charge is 0.161 e. The Morgan fingerprint density at radius 3 is 2.85 bits per heavy atom. The van der Waals surface area contributed by atoms with Crippen LogP contribution in [0.25, 0.3) is 0 Å². The molecule has 3 heteroatoms. The van der Waals surface area contributed by atoms with Crippen molar-refractivity contribution in [3.8, 4) is 11.5 Å². The fourth-order valence-corrected chi connectivity index (χ4v) is 3.07. The molecule has 0 saturated heterocycles. The molecule has 3 nitrogen and oxygen atoms in total. The summed E-state index contributed by atoms with van der Waals surface area (Å²) in [5, 5.41) is 3.58. The molecule has 3 rings (SSSR count). The van der Waals surface area contributed by atoms with Crippen molar-refractivity contribution in [2.24, 2.45) is 0 Å². The van der Waals surface area contributed by atoms with Crippen LogP contribution in [0.4, 0.5) is 0 Å². The summed E-state index contributed by atoms with van der Waals surface area (Å²) in [7, 11) is 0. The average molecular weight is 273 g/mol. The number of likely N-dealkylation sites (N-methyl/N-ethyl adjacent to an activating group) is 1. The van der Waals surface area contributed by atoms with Crippen molar-refractivity contribution >= 4 is 0 Å². The Kier molecular flexibility index (Phi) is 4.26. The largest absolute Gasteiger partial charge is 0.486 e. The molecule has 0 aromatic heterocycles. The third-order valence-electron chi connectivity index (χ3n) is 4.05. The quantitative estimate of drug-likeness (QED) is 0.854. The van der Waals surface area contributed by atoms with E-state index in [4.69, 9.17) is 9.47 Å². The molecule has 1 aliphatic heterocycles. The number of benzene rings is 1. The maximum Gasteiger partial charge on any atom is 0.161 e. The van der Waals surface area contributed by atoms with Crippen molar-refractivity contribution in [2.75, 3.05) is 13.2 Å². The number of rotatable bonds is 4. The Hall–Kier alpha value is -1.48. The van der Waals surface area contributed by atoms with Crippen LogP contribution in [0, 0.1) is 0 Å². The SMILES string of the molecule is CCNC(C1=CCCCC1)C1COc2ccccc2O1. The van der Waals surface area contributed by atoms with Crippen molar-refractivity contribution in [3.05, 3.63) is 35.9 Å². The maximum absolute atomic E-state index is 6.17. The van der Waals surface area contributed by atoms with Crippen LogP contribution in [-0.4, -0.2) is 25.3 Å². The third kappa shape index (κ3) is 2.83. The van der Waals surface area contributed by atoms with Gasteiger partial charge in [-0.3, -0.25) is 0 Å². The van der Waals surface area contributed by atoms with Gasteiger partial charge in [0.25, 0.3) is 0 Å². The van der Waals surface area contributed by atoms with Crippen molar-refractivity contribution in [2.45, 2.75) is 44.8 Å².